The van der Waals surface area contributed by atoms with E-state index in [2.05, 4.69) is 6.07 Å². The molecule has 7 heteroatoms. The van der Waals surface area contributed by atoms with Crippen molar-refractivity contribution >= 4 is 29.4 Å². The number of carbonyl (C=O) groups excluding carboxylic acids is 3. The number of rotatable bonds is 4. The Morgan fingerprint density at radius 2 is 1.58 bits per heavy atom. The third-order valence-electron chi connectivity index (χ3n) is 6.03. The molecule has 6 nitrogen and oxygen atoms in total. The van der Waals surface area contributed by atoms with Crippen molar-refractivity contribution < 1.29 is 19.1 Å². The van der Waals surface area contributed by atoms with Gasteiger partial charge in [-0.05, 0) is 54.7 Å². The lowest BCUT2D eigenvalue weighted by Gasteiger charge is -2.31. The van der Waals surface area contributed by atoms with Gasteiger partial charge in [0.2, 0.25) is 0 Å². The predicted octanol–water partition coefficient (Wildman–Crippen LogP) is 3.32. The number of carbonyl (C=O) groups is 3. The quantitative estimate of drug-likeness (QED) is 0.684. The minimum atomic E-state index is -0.357. The van der Waals surface area contributed by atoms with E-state index >= 15 is 0 Å². The first kappa shape index (κ1) is 21.4. The molecule has 4 rings (SSSR count). The fourth-order valence-corrected chi connectivity index (χ4v) is 4.27. The first-order valence-electron chi connectivity index (χ1n) is 10.6. The summed E-state index contributed by atoms with van der Waals surface area (Å²) in [4.78, 5) is 41.0. The van der Waals surface area contributed by atoms with Crippen LogP contribution < -0.4 is 0 Å². The molecular formula is C24H25ClN2O4. The number of hydrogen-bond acceptors (Lipinski definition) is 4. The lowest BCUT2D eigenvalue weighted by atomic mass is 9.96. The van der Waals surface area contributed by atoms with E-state index in [1.165, 1.54) is 5.56 Å². The number of hydrogen-bond donors (Lipinski definition) is 0. The SMILES string of the molecule is O=C(OCC(=O)N1CCc2ccccc2C1)C1CCN(C(=O)c2ccc(Cl)cc2)CC1. The number of piperidine rings is 1. The van der Waals surface area contributed by atoms with Gasteiger partial charge in [-0.1, -0.05) is 35.9 Å². The molecule has 1 saturated heterocycles. The first-order chi connectivity index (χ1) is 15.0. The largest absolute Gasteiger partial charge is 0.455 e. The van der Waals surface area contributed by atoms with Gasteiger partial charge in [0.05, 0.1) is 5.92 Å². The lowest BCUT2D eigenvalue weighted by Crippen LogP contribution is -2.42. The summed E-state index contributed by atoms with van der Waals surface area (Å²) in [5.74, 6) is -0.879. The van der Waals surface area contributed by atoms with Crippen molar-refractivity contribution in [2.45, 2.75) is 25.8 Å². The number of likely N-dealkylation sites (tertiary alicyclic amines) is 1. The average molecular weight is 441 g/mol. The second-order valence-corrected chi connectivity index (χ2v) is 8.45. The Kier molecular flexibility index (Phi) is 6.56. The highest BCUT2D eigenvalue weighted by atomic mass is 35.5. The second kappa shape index (κ2) is 9.52. The van der Waals surface area contributed by atoms with Crippen molar-refractivity contribution in [3.8, 4) is 0 Å². The highest BCUT2D eigenvalue weighted by Crippen LogP contribution is 2.22. The van der Waals surface area contributed by atoms with E-state index in [-0.39, 0.29) is 30.3 Å². The Morgan fingerprint density at radius 3 is 2.29 bits per heavy atom. The monoisotopic (exact) mass is 440 g/mol. The first-order valence-corrected chi connectivity index (χ1v) is 10.9. The number of amides is 2. The highest BCUT2D eigenvalue weighted by molar-refractivity contribution is 6.30. The summed E-state index contributed by atoms with van der Waals surface area (Å²) < 4.78 is 5.33. The number of fused-ring (bicyclic) bond motifs is 1. The normalized spacial score (nSPS) is 16.5. The van der Waals surface area contributed by atoms with Gasteiger partial charge in [-0.25, -0.2) is 0 Å². The molecule has 2 aromatic rings. The number of esters is 1. The van der Waals surface area contributed by atoms with Crippen LogP contribution in [0.4, 0.5) is 0 Å². The number of halogens is 1. The van der Waals surface area contributed by atoms with Gasteiger partial charge in [-0.2, -0.15) is 0 Å². The Hall–Kier alpha value is -2.86. The molecule has 2 aliphatic rings. The van der Waals surface area contributed by atoms with Crippen LogP contribution in [-0.2, 0) is 27.3 Å². The van der Waals surface area contributed by atoms with Crippen LogP contribution in [0.25, 0.3) is 0 Å². The Labute approximate surface area is 186 Å². The molecule has 2 aliphatic heterocycles. The summed E-state index contributed by atoms with van der Waals surface area (Å²) in [5.41, 5.74) is 2.99. The topological polar surface area (TPSA) is 66.9 Å². The minimum absolute atomic E-state index is 0.0657. The Morgan fingerprint density at radius 1 is 0.903 bits per heavy atom. The van der Waals surface area contributed by atoms with Gasteiger partial charge in [0, 0.05) is 36.8 Å². The summed E-state index contributed by atoms with van der Waals surface area (Å²) >= 11 is 5.88. The van der Waals surface area contributed by atoms with Crippen LogP contribution in [0, 0.1) is 5.92 Å². The summed E-state index contributed by atoms with van der Waals surface area (Å²) in [6, 6.07) is 14.9. The molecule has 1 fully saturated rings. The third kappa shape index (κ3) is 5.07. The summed E-state index contributed by atoms with van der Waals surface area (Å²) in [6.45, 7) is 1.93. The average Bonchev–Trinajstić information content (AvgIpc) is 2.82. The maximum absolute atomic E-state index is 12.6. The van der Waals surface area contributed by atoms with E-state index in [0.717, 1.165) is 12.0 Å². The molecule has 0 saturated carbocycles. The molecule has 162 valence electrons. The van der Waals surface area contributed by atoms with Crippen molar-refractivity contribution in [2.75, 3.05) is 26.2 Å². The van der Waals surface area contributed by atoms with Crippen LogP contribution in [0.5, 0.6) is 0 Å². The minimum Gasteiger partial charge on any atom is -0.455 e. The molecule has 31 heavy (non-hydrogen) atoms. The van der Waals surface area contributed by atoms with Crippen molar-refractivity contribution in [3.05, 3.63) is 70.2 Å². The number of benzene rings is 2. The van der Waals surface area contributed by atoms with Crippen LogP contribution in [0.15, 0.2) is 48.5 Å². The maximum Gasteiger partial charge on any atom is 0.309 e. The zero-order valence-electron chi connectivity index (χ0n) is 17.3. The molecule has 0 aliphatic carbocycles. The van der Waals surface area contributed by atoms with Crippen molar-refractivity contribution in [1.29, 1.82) is 0 Å². The summed E-state index contributed by atoms with van der Waals surface area (Å²) in [7, 11) is 0. The fraction of sp³-hybridized carbons (Fsp3) is 0.375. The maximum atomic E-state index is 12.6. The smallest absolute Gasteiger partial charge is 0.309 e. The molecular weight excluding hydrogens is 416 g/mol. The molecule has 0 bridgehead atoms. The van der Waals surface area contributed by atoms with Crippen molar-refractivity contribution in [2.24, 2.45) is 5.92 Å². The van der Waals surface area contributed by atoms with Crippen LogP contribution >= 0.6 is 11.6 Å². The summed E-state index contributed by atoms with van der Waals surface area (Å²) in [6.07, 6.45) is 1.88. The second-order valence-electron chi connectivity index (χ2n) is 8.02. The molecule has 0 spiro atoms. The molecule has 0 unspecified atom stereocenters. The van der Waals surface area contributed by atoms with E-state index in [4.69, 9.17) is 16.3 Å². The Balaban J connectivity index is 1.23. The standard InChI is InChI=1S/C24H25ClN2O4/c25-21-7-5-18(6-8-21)23(29)26-12-10-19(11-13-26)24(30)31-16-22(28)27-14-9-17-3-1-2-4-20(17)15-27/h1-8,19H,9-16H2. The van der Waals surface area contributed by atoms with Crippen molar-refractivity contribution in [3.63, 3.8) is 0 Å². The summed E-state index contributed by atoms with van der Waals surface area (Å²) in [5, 5.41) is 0.585. The van der Waals surface area contributed by atoms with Crippen LogP contribution in [-0.4, -0.2) is 53.8 Å². The van der Waals surface area contributed by atoms with Gasteiger partial charge in [-0.3, -0.25) is 14.4 Å². The van der Waals surface area contributed by atoms with Gasteiger partial charge in [0.1, 0.15) is 0 Å². The zero-order chi connectivity index (χ0) is 21.8. The van der Waals surface area contributed by atoms with Crippen LogP contribution in [0.2, 0.25) is 5.02 Å². The molecule has 0 N–H and O–H groups in total. The number of nitrogens with zero attached hydrogens (tertiary/aromatic N) is 2. The van der Waals surface area contributed by atoms with E-state index in [1.54, 1.807) is 34.1 Å². The fourth-order valence-electron chi connectivity index (χ4n) is 4.14. The highest BCUT2D eigenvalue weighted by Gasteiger charge is 2.30. The lowest BCUT2D eigenvalue weighted by molar-refractivity contribution is -0.157. The molecule has 0 aromatic heterocycles. The predicted molar refractivity (Wildman–Crippen MR) is 117 cm³/mol. The zero-order valence-corrected chi connectivity index (χ0v) is 18.0. The van der Waals surface area contributed by atoms with E-state index in [9.17, 15) is 14.4 Å². The number of ether oxygens (including phenoxy) is 1. The third-order valence-corrected chi connectivity index (χ3v) is 6.28. The van der Waals surface area contributed by atoms with Gasteiger partial charge >= 0.3 is 5.97 Å². The van der Waals surface area contributed by atoms with E-state index in [1.807, 2.05) is 18.2 Å². The van der Waals surface area contributed by atoms with E-state index < -0.39 is 0 Å². The van der Waals surface area contributed by atoms with Gasteiger partial charge in [-0.15, -0.1) is 0 Å². The molecule has 0 atom stereocenters. The van der Waals surface area contributed by atoms with E-state index in [0.29, 0.717) is 49.6 Å². The molecule has 2 heterocycles. The molecule has 0 radical (unpaired) electrons. The molecule has 2 aromatic carbocycles. The van der Waals surface area contributed by atoms with Gasteiger partial charge in [0.15, 0.2) is 6.61 Å². The molecule has 2 amide bonds. The van der Waals surface area contributed by atoms with Crippen LogP contribution in [0.3, 0.4) is 0 Å². The van der Waals surface area contributed by atoms with Gasteiger partial charge < -0.3 is 14.5 Å². The van der Waals surface area contributed by atoms with Crippen molar-refractivity contribution in [1.82, 2.24) is 9.80 Å². The van der Waals surface area contributed by atoms with Gasteiger partial charge in [0.25, 0.3) is 11.8 Å². The van der Waals surface area contributed by atoms with Crippen LogP contribution in [0.1, 0.15) is 34.3 Å². The Bertz CT molecular complexity index is 968.